The number of anilines is 1. The molecule has 0 spiro atoms. The van der Waals surface area contributed by atoms with Crippen molar-refractivity contribution in [2.24, 2.45) is 0 Å². The van der Waals surface area contributed by atoms with Crippen molar-refractivity contribution < 1.29 is 9.53 Å². The molecule has 86 valence electrons. The van der Waals surface area contributed by atoms with Crippen LogP contribution in [0.3, 0.4) is 0 Å². The van der Waals surface area contributed by atoms with Gasteiger partial charge in [0, 0.05) is 12.9 Å². The average molecular weight is 240 g/mol. The van der Waals surface area contributed by atoms with Crippen molar-refractivity contribution >= 4 is 23.2 Å². The maximum Gasteiger partial charge on any atom is 0.267 e. The van der Waals surface area contributed by atoms with E-state index < -0.39 is 6.10 Å². The number of aryl methyl sites for hydroxylation is 1. The van der Waals surface area contributed by atoms with Crippen molar-refractivity contribution in [3.05, 3.63) is 23.8 Å². The monoisotopic (exact) mass is 239 g/mol. The van der Waals surface area contributed by atoms with Gasteiger partial charge in [-0.25, -0.2) is 0 Å². The third kappa shape index (κ3) is 1.87. The molecule has 0 saturated heterocycles. The van der Waals surface area contributed by atoms with E-state index in [0.717, 1.165) is 23.4 Å². The maximum atomic E-state index is 11.7. The number of halogens is 1. The number of amides is 1. The Morgan fingerprint density at radius 1 is 1.50 bits per heavy atom. The fraction of sp³-hybridized carbons (Fsp3) is 0.417. The van der Waals surface area contributed by atoms with Crippen LogP contribution in [0.2, 0.25) is 0 Å². The fourth-order valence-electron chi connectivity index (χ4n) is 1.83. The van der Waals surface area contributed by atoms with Crippen molar-refractivity contribution in [1.82, 2.24) is 0 Å². The largest absolute Gasteiger partial charge is 0.479 e. The molecular weight excluding hydrogens is 226 g/mol. The van der Waals surface area contributed by atoms with Gasteiger partial charge in [-0.2, -0.15) is 0 Å². The van der Waals surface area contributed by atoms with E-state index in [1.165, 1.54) is 0 Å². The van der Waals surface area contributed by atoms with Crippen molar-refractivity contribution in [3.8, 4) is 5.75 Å². The SMILES string of the molecule is CC1Oc2cc(CCCl)ccc2N(C)C1=O. The second kappa shape index (κ2) is 4.34. The van der Waals surface area contributed by atoms with Gasteiger partial charge in [0.1, 0.15) is 5.75 Å². The smallest absolute Gasteiger partial charge is 0.267 e. The van der Waals surface area contributed by atoms with Gasteiger partial charge in [0.15, 0.2) is 6.10 Å². The van der Waals surface area contributed by atoms with E-state index in [9.17, 15) is 4.79 Å². The number of benzene rings is 1. The van der Waals surface area contributed by atoms with Crippen molar-refractivity contribution in [2.45, 2.75) is 19.4 Å². The Hall–Kier alpha value is -1.22. The number of ether oxygens (including phenoxy) is 1. The molecule has 1 atom stereocenters. The number of hydrogen-bond acceptors (Lipinski definition) is 2. The van der Waals surface area contributed by atoms with E-state index in [4.69, 9.17) is 16.3 Å². The molecule has 0 aromatic heterocycles. The van der Waals surface area contributed by atoms with Gasteiger partial charge in [0.2, 0.25) is 0 Å². The van der Waals surface area contributed by atoms with Gasteiger partial charge in [0.25, 0.3) is 5.91 Å². The highest BCUT2D eigenvalue weighted by Crippen LogP contribution is 2.33. The molecule has 0 N–H and O–H groups in total. The Bertz CT molecular complexity index is 419. The first-order chi connectivity index (χ1) is 7.63. The number of alkyl halides is 1. The zero-order valence-electron chi connectivity index (χ0n) is 9.37. The minimum absolute atomic E-state index is 0.0161. The predicted molar refractivity (Wildman–Crippen MR) is 64.4 cm³/mol. The molecule has 0 fully saturated rings. The van der Waals surface area contributed by atoms with Crippen LogP contribution < -0.4 is 9.64 Å². The summed E-state index contributed by atoms with van der Waals surface area (Å²) in [6, 6.07) is 5.84. The molecule has 0 radical (unpaired) electrons. The summed E-state index contributed by atoms with van der Waals surface area (Å²) in [5.41, 5.74) is 1.95. The Labute approximate surface area is 100.0 Å². The first-order valence-electron chi connectivity index (χ1n) is 5.26. The van der Waals surface area contributed by atoms with Crippen LogP contribution in [0.1, 0.15) is 12.5 Å². The highest BCUT2D eigenvalue weighted by Gasteiger charge is 2.28. The van der Waals surface area contributed by atoms with Gasteiger partial charge in [0.05, 0.1) is 5.69 Å². The van der Waals surface area contributed by atoms with Gasteiger partial charge in [-0.15, -0.1) is 11.6 Å². The van der Waals surface area contributed by atoms with E-state index >= 15 is 0 Å². The van der Waals surface area contributed by atoms with Crippen molar-refractivity contribution in [3.63, 3.8) is 0 Å². The fourth-order valence-corrected chi connectivity index (χ4v) is 2.05. The van der Waals surface area contributed by atoms with Crippen LogP contribution in [-0.4, -0.2) is 24.9 Å². The van der Waals surface area contributed by atoms with Gasteiger partial charge in [-0.3, -0.25) is 4.79 Å². The summed E-state index contributed by atoms with van der Waals surface area (Å²) < 4.78 is 5.57. The second-order valence-electron chi connectivity index (χ2n) is 3.90. The summed E-state index contributed by atoms with van der Waals surface area (Å²) in [5.74, 6) is 1.33. The molecular formula is C12H14ClNO2. The molecule has 1 amide bonds. The van der Waals surface area contributed by atoms with Crippen LogP contribution in [0, 0.1) is 0 Å². The zero-order chi connectivity index (χ0) is 11.7. The minimum Gasteiger partial charge on any atom is -0.479 e. The van der Waals surface area contributed by atoms with Gasteiger partial charge < -0.3 is 9.64 Å². The maximum absolute atomic E-state index is 11.7. The van der Waals surface area contributed by atoms with E-state index in [1.54, 1.807) is 18.9 Å². The predicted octanol–water partition coefficient (Wildman–Crippen LogP) is 2.21. The van der Waals surface area contributed by atoms with Crippen LogP contribution in [0.5, 0.6) is 5.75 Å². The minimum atomic E-state index is -0.413. The van der Waals surface area contributed by atoms with Gasteiger partial charge in [-0.1, -0.05) is 6.07 Å². The number of rotatable bonds is 2. The highest BCUT2D eigenvalue weighted by molar-refractivity contribution is 6.18. The lowest BCUT2D eigenvalue weighted by Crippen LogP contribution is -2.41. The number of fused-ring (bicyclic) bond motifs is 1. The standard InChI is InChI=1S/C12H14ClNO2/c1-8-12(15)14(2)10-4-3-9(5-6-13)7-11(10)16-8/h3-4,7-8H,5-6H2,1-2H3. The number of hydrogen-bond donors (Lipinski definition) is 0. The number of carbonyl (C=O) groups excluding carboxylic acids is 1. The lowest BCUT2D eigenvalue weighted by Gasteiger charge is -2.30. The Balaban J connectivity index is 2.37. The summed E-state index contributed by atoms with van der Waals surface area (Å²) in [6.45, 7) is 1.76. The highest BCUT2D eigenvalue weighted by atomic mass is 35.5. The van der Waals surface area contributed by atoms with Crippen LogP contribution in [0.15, 0.2) is 18.2 Å². The van der Waals surface area contributed by atoms with Crippen LogP contribution >= 0.6 is 11.6 Å². The molecule has 0 saturated carbocycles. The Morgan fingerprint density at radius 2 is 2.25 bits per heavy atom. The summed E-state index contributed by atoms with van der Waals surface area (Å²) in [6.07, 6.45) is 0.397. The van der Waals surface area contributed by atoms with Gasteiger partial charge >= 0.3 is 0 Å². The number of nitrogens with zero attached hydrogens (tertiary/aromatic N) is 1. The molecule has 1 aromatic carbocycles. The van der Waals surface area contributed by atoms with Crippen LogP contribution in [0.25, 0.3) is 0 Å². The first kappa shape index (κ1) is 11.3. The third-order valence-corrected chi connectivity index (χ3v) is 2.94. The number of carbonyl (C=O) groups is 1. The summed E-state index contributed by atoms with van der Waals surface area (Å²) >= 11 is 5.69. The van der Waals surface area contributed by atoms with E-state index in [1.807, 2.05) is 18.2 Å². The van der Waals surface area contributed by atoms with E-state index in [-0.39, 0.29) is 5.91 Å². The van der Waals surface area contributed by atoms with Crippen molar-refractivity contribution in [1.29, 1.82) is 0 Å². The lowest BCUT2D eigenvalue weighted by atomic mass is 10.1. The quantitative estimate of drug-likeness (QED) is 0.741. The summed E-state index contributed by atoms with van der Waals surface area (Å²) in [5, 5.41) is 0. The molecule has 4 heteroatoms. The summed E-state index contributed by atoms with van der Waals surface area (Å²) in [7, 11) is 1.77. The van der Waals surface area contributed by atoms with Crippen LogP contribution in [0.4, 0.5) is 5.69 Å². The molecule has 1 aliphatic heterocycles. The molecule has 1 unspecified atom stereocenters. The van der Waals surface area contributed by atoms with Crippen LogP contribution in [-0.2, 0) is 11.2 Å². The average Bonchev–Trinajstić information content (AvgIpc) is 2.26. The molecule has 0 aliphatic carbocycles. The third-order valence-electron chi connectivity index (χ3n) is 2.75. The molecule has 1 heterocycles. The lowest BCUT2D eigenvalue weighted by molar-refractivity contribution is -0.125. The van der Waals surface area contributed by atoms with E-state index in [2.05, 4.69) is 0 Å². The molecule has 1 aliphatic rings. The molecule has 0 bridgehead atoms. The van der Waals surface area contributed by atoms with Gasteiger partial charge in [-0.05, 0) is 31.0 Å². The molecule has 1 aromatic rings. The first-order valence-corrected chi connectivity index (χ1v) is 5.80. The molecule has 3 nitrogen and oxygen atoms in total. The molecule has 2 rings (SSSR count). The second-order valence-corrected chi connectivity index (χ2v) is 4.28. The zero-order valence-corrected chi connectivity index (χ0v) is 10.1. The van der Waals surface area contributed by atoms with E-state index in [0.29, 0.717) is 5.88 Å². The summed E-state index contributed by atoms with van der Waals surface area (Å²) in [4.78, 5) is 13.3. The molecule has 16 heavy (non-hydrogen) atoms. The topological polar surface area (TPSA) is 29.5 Å². The number of likely N-dealkylation sites (N-methyl/N-ethyl adjacent to an activating group) is 1. The Morgan fingerprint density at radius 3 is 2.94 bits per heavy atom. The van der Waals surface area contributed by atoms with Crippen molar-refractivity contribution in [2.75, 3.05) is 17.8 Å². The normalized spacial score (nSPS) is 19.3. The Kier molecular flexibility index (Phi) is 3.06.